The Labute approximate surface area is 67.9 Å². The maximum Gasteiger partial charge on any atom is 0.219 e. The van der Waals surface area contributed by atoms with Gasteiger partial charge in [0.1, 0.15) is 0 Å². The molecule has 0 radical (unpaired) electrons. The molecule has 0 bridgehead atoms. The molecule has 0 unspecified atom stereocenters. The molecule has 0 atom stereocenters. The minimum atomic E-state index is 0.191. The summed E-state index contributed by atoms with van der Waals surface area (Å²) in [5.41, 5.74) is 1.49. The Morgan fingerprint density at radius 1 is 1.73 bits per heavy atom. The molecule has 0 N–H and O–H groups in total. The number of hydrogen-bond acceptors (Lipinski definition) is 1. The first-order chi connectivity index (χ1) is 5.24. The first-order valence-corrected chi connectivity index (χ1v) is 4.17. The molecule has 1 heterocycles. The van der Waals surface area contributed by atoms with Crippen LogP contribution in [0.25, 0.3) is 0 Å². The second-order valence-electron chi connectivity index (χ2n) is 2.93. The molecule has 62 valence electrons. The van der Waals surface area contributed by atoms with Crippen molar-refractivity contribution in [3.8, 4) is 0 Å². The molecule has 1 amide bonds. The lowest BCUT2D eigenvalue weighted by atomic mass is 10.1. The van der Waals surface area contributed by atoms with Crippen molar-refractivity contribution in [3.05, 3.63) is 11.6 Å². The summed E-state index contributed by atoms with van der Waals surface area (Å²) in [6.07, 6.45) is 4.37. The van der Waals surface area contributed by atoms with E-state index < -0.39 is 0 Å². The summed E-state index contributed by atoms with van der Waals surface area (Å²) in [4.78, 5) is 12.8. The van der Waals surface area contributed by atoms with E-state index in [2.05, 4.69) is 13.0 Å². The summed E-state index contributed by atoms with van der Waals surface area (Å²) in [5.74, 6) is 0.191. The van der Waals surface area contributed by atoms with Crippen molar-refractivity contribution in [1.82, 2.24) is 4.90 Å². The van der Waals surface area contributed by atoms with Gasteiger partial charge in [-0.05, 0) is 12.8 Å². The van der Waals surface area contributed by atoms with Crippen LogP contribution >= 0.6 is 0 Å². The zero-order valence-corrected chi connectivity index (χ0v) is 7.26. The number of nitrogens with zero attached hydrogens (tertiary/aromatic N) is 1. The lowest BCUT2D eigenvalue weighted by Gasteiger charge is -2.24. The molecule has 2 nitrogen and oxygen atoms in total. The monoisotopic (exact) mass is 153 g/mol. The highest BCUT2D eigenvalue weighted by atomic mass is 16.2. The number of hydrogen-bond donors (Lipinski definition) is 0. The van der Waals surface area contributed by atoms with Crippen molar-refractivity contribution in [3.63, 3.8) is 0 Å². The van der Waals surface area contributed by atoms with Crippen LogP contribution in [0.1, 0.15) is 26.7 Å². The second kappa shape index (κ2) is 3.56. The third kappa shape index (κ3) is 2.07. The topological polar surface area (TPSA) is 20.3 Å². The maximum absolute atomic E-state index is 10.9. The molecule has 1 aliphatic rings. The molecule has 0 saturated heterocycles. The number of rotatable bonds is 1. The highest BCUT2D eigenvalue weighted by Gasteiger charge is 2.11. The van der Waals surface area contributed by atoms with Gasteiger partial charge >= 0.3 is 0 Å². The Balaban J connectivity index is 2.47. The van der Waals surface area contributed by atoms with E-state index in [1.54, 1.807) is 6.92 Å². The molecule has 0 saturated carbocycles. The van der Waals surface area contributed by atoms with Gasteiger partial charge in [0.2, 0.25) is 5.91 Å². The molecular weight excluding hydrogens is 138 g/mol. The molecule has 0 aromatic heterocycles. The molecule has 0 aromatic carbocycles. The van der Waals surface area contributed by atoms with Crippen LogP contribution in [0.2, 0.25) is 0 Å². The van der Waals surface area contributed by atoms with Crippen LogP contribution in [0.4, 0.5) is 0 Å². The van der Waals surface area contributed by atoms with E-state index in [9.17, 15) is 4.79 Å². The van der Waals surface area contributed by atoms with E-state index >= 15 is 0 Å². The molecule has 1 aliphatic heterocycles. The van der Waals surface area contributed by atoms with Gasteiger partial charge in [-0.25, -0.2) is 0 Å². The zero-order valence-electron chi connectivity index (χ0n) is 7.26. The van der Waals surface area contributed by atoms with Crippen molar-refractivity contribution < 1.29 is 4.79 Å². The van der Waals surface area contributed by atoms with Crippen molar-refractivity contribution in [1.29, 1.82) is 0 Å². The minimum Gasteiger partial charge on any atom is -0.339 e. The lowest BCUT2D eigenvalue weighted by Crippen LogP contribution is -2.32. The van der Waals surface area contributed by atoms with Crippen LogP contribution < -0.4 is 0 Å². The number of carbonyl (C=O) groups excluding carboxylic acids is 1. The normalized spacial score (nSPS) is 18.0. The van der Waals surface area contributed by atoms with Crippen molar-refractivity contribution >= 4 is 5.91 Å². The molecule has 0 fully saturated rings. The summed E-state index contributed by atoms with van der Waals surface area (Å²) >= 11 is 0. The Morgan fingerprint density at radius 2 is 2.45 bits per heavy atom. The Hall–Kier alpha value is -0.790. The molecule has 0 spiro atoms. The Bertz CT molecular complexity index is 184. The predicted molar refractivity (Wildman–Crippen MR) is 45.2 cm³/mol. The van der Waals surface area contributed by atoms with E-state index in [4.69, 9.17) is 0 Å². The summed E-state index contributed by atoms with van der Waals surface area (Å²) in [6.45, 7) is 5.52. The average Bonchev–Trinajstić information content (AvgIpc) is 2.05. The Morgan fingerprint density at radius 3 is 2.82 bits per heavy atom. The summed E-state index contributed by atoms with van der Waals surface area (Å²) in [5, 5.41) is 0. The van der Waals surface area contributed by atoms with E-state index in [0.717, 1.165) is 25.9 Å². The van der Waals surface area contributed by atoms with Crippen molar-refractivity contribution in [2.45, 2.75) is 26.7 Å². The molecule has 0 aliphatic carbocycles. The highest BCUT2D eigenvalue weighted by molar-refractivity contribution is 5.73. The molecule has 1 rings (SSSR count). The van der Waals surface area contributed by atoms with E-state index in [-0.39, 0.29) is 5.91 Å². The number of carbonyl (C=O) groups is 1. The Kier molecular flexibility index (Phi) is 2.69. The molecule has 11 heavy (non-hydrogen) atoms. The van der Waals surface area contributed by atoms with Crippen LogP contribution in [0.3, 0.4) is 0 Å². The summed E-state index contributed by atoms with van der Waals surface area (Å²) in [6, 6.07) is 0. The van der Waals surface area contributed by atoms with E-state index in [0.29, 0.717) is 0 Å². The van der Waals surface area contributed by atoms with Crippen molar-refractivity contribution in [2.75, 3.05) is 13.1 Å². The van der Waals surface area contributed by atoms with Gasteiger partial charge in [-0.15, -0.1) is 0 Å². The quantitative estimate of drug-likeness (QED) is 0.524. The molecule has 0 aromatic rings. The van der Waals surface area contributed by atoms with Crippen LogP contribution in [-0.4, -0.2) is 23.9 Å². The predicted octanol–water partition coefficient (Wildman–Crippen LogP) is 1.58. The van der Waals surface area contributed by atoms with Gasteiger partial charge in [0, 0.05) is 20.0 Å². The van der Waals surface area contributed by atoms with E-state index in [1.807, 2.05) is 4.90 Å². The number of amides is 1. The first kappa shape index (κ1) is 8.31. The average molecular weight is 153 g/mol. The SMILES string of the molecule is CCC1=CCN(C(C)=O)CC1. The van der Waals surface area contributed by atoms with Gasteiger partial charge in [0.05, 0.1) is 0 Å². The van der Waals surface area contributed by atoms with Gasteiger partial charge in [0.25, 0.3) is 0 Å². The lowest BCUT2D eigenvalue weighted by molar-refractivity contribution is -0.128. The van der Waals surface area contributed by atoms with Gasteiger partial charge in [-0.3, -0.25) is 4.79 Å². The zero-order chi connectivity index (χ0) is 8.27. The van der Waals surface area contributed by atoms with Gasteiger partial charge in [-0.1, -0.05) is 18.6 Å². The van der Waals surface area contributed by atoms with Gasteiger partial charge in [0.15, 0.2) is 0 Å². The fourth-order valence-corrected chi connectivity index (χ4v) is 1.32. The van der Waals surface area contributed by atoms with Crippen LogP contribution in [0.15, 0.2) is 11.6 Å². The van der Waals surface area contributed by atoms with Gasteiger partial charge < -0.3 is 4.90 Å². The van der Waals surface area contributed by atoms with Gasteiger partial charge in [-0.2, -0.15) is 0 Å². The second-order valence-corrected chi connectivity index (χ2v) is 2.93. The maximum atomic E-state index is 10.9. The smallest absolute Gasteiger partial charge is 0.219 e. The van der Waals surface area contributed by atoms with Crippen LogP contribution in [0.5, 0.6) is 0 Å². The highest BCUT2D eigenvalue weighted by Crippen LogP contribution is 2.12. The fourth-order valence-electron chi connectivity index (χ4n) is 1.32. The van der Waals surface area contributed by atoms with Crippen LogP contribution in [-0.2, 0) is 4.79 Å². The third-order valence-corrected chi connectivity index (χ3v) is 2.20. The molecule has 2 heteroatoms. The summed E-state index contributed by atoms with van der Waals surface area (Å²) in [7, 11) is 0. The largest absolute Gasteiger partial charge is 0.339 e. The third-order valence-electron chi connectivity index (χ3n) is 2.20. The summed E-state index contributed by atoms with van der Waals surface area (Å²) < 4.78 is 0. The first-order valence-electron chi connectivity index (χ1n) is 4.17. The minimum absolute atomic E-state index is 0.191. The van der Waals surface area contributed by atoms with Crippen LogP contribution in [0, 0.1) is 0 Å². The van der Waals surface area contributed by atoms with E-state index in [1.165, 1.54) is 5.57 Å². The fraction of sp³-hybridized carbons (Fsp3) is 0.667. The van der Waals surface area contributed by atoms with Crippen molar-refractivity contribution in [2.24, 2.45) is 0 Å². The molecular formula is C9H15NO. The standard InChI is InChI=1S/C9H15NO/c1-3-9-4-6-10(7-5-9)8(2)11/h4H,3,5-7H2,1-2H3.